The van der Waals surface area contributed by atoms with E-state index in [1.165, 1.54) is 33.4 Å². The molecule has 0 fully saturated rings. The van der Waals surface area contributed by atoms with Gasteiger partial charge in [0.2, 0.25) is 0 Å². The van der Waals surface area contributed by atoms with Crippen LogP contribution in [0.1, 0.15) is 33.4 Å². The molecule has 4 aromatic rings. The van der Waals surface area contributed by atoms with Crippen molar-refractivity contribution in [2.75, 3.05) is 0 Å². The first-order valence-corrected chi connectivity index (χ1v) is 11.9. The molecule has 0 aliphatic carbocycles. The van der Waals surface area contributed by atoms with Gasteiger partial charge >= 0.3 is 0 Å². The second-order valence-electron chi connectivity index (χ2n) is 8.20. The van der Waals surface area contributed by atoms with Crippen LogP contribution in [0.3, 0.4) is 0 Å². The SMILES string of the molecule is Cc1ccc(Cc2ccc(CCc3ccc([S+]([O-])c4ccc(C)cc4)cc3)cc2)cc1. The fourth-order valence-electron chi connectivity index (χ4n) is 3.63. The van der Waals surface area contributed by atoms with Crippen LogP contribution in [0.15, 0.2) is 107 Å². The topological polar surface area (TPSA) is 23.1 Å². The molecule has 0 spiro atoms. The molecule has 0 radical (unpaired) electrons. The van der Waals surface area contributed by atoms with Crippen molar-refractivity contribution in [1.29, 1.82) is 0 Å². The predicted molar refractivity (Wildman–Crippen MR) is 130 cm³/mol. The molecule has 1 nitrogen and oxygen atoms in total. The van der Waals surface area contributed by atoms with Gasteiger partial charge in [0, 0.05) is 11.2 Å². The Bertz CT molecular complexity index is 1100. The van der Waals surface area contributed by atoms with Crippen LogP contribution >= 0.6 is 0 Å². The second-order valence-corrected chi connectivity index (χ2v) is 9.68. The smallest absolute Gasteiger partial charge is 0.158 e. The van der Waals surface area contributed by atoms with E-state index in [4.69, 9.17) is 0 Å². The van der Waals surface area contributed by atoms with Crippen molar-refractivity contribution in [1.82, 2.24) is 0 Å². The Morgan fingerprint density at radius 1 is 0.484 bits per heavy atom. The zero-order valence-corrected chi connectivity index (χ0v) is 19.0. The molecular formula is C29H28OS. The number of aryl methyl sites for hydroxylation is 4. The molecule has 4 rings (SSSR count). The van der Waals surface area contributed by atoms with Gasteiger partial charge in [0.05, 0.1) is 0 Å². The van der Waals surface area contributed by atoms with Crippen LogP contribution in [0, 0.1) is 13.8 Å². The Balaban J connectivity index is 1.32. The Morgan fingerprint density at radius 2 is 0.806 bits per heavy atom. The molecule has 156 valence electrons. The number of benzene rings is 4. The highest BCUT2D eigenvalue weighted by Gasteiger charge is 2.14. The van der Waals surface area contributed by atoms with Crippen LogP contribution in [-0.4, -0.2) is 4.55 Å². The average Bonchev–Trinajstić information content (AvgIpc) is 2.80. The van der Waals surface area contributed by atoms with Gasteiger partial charge in [0.25, 0.3) is 0 Å². The molecule has 0 aromatic heterocycles. The third kappa shape index (κ3) is 5.88. The van der Waals surface area contributed by atoms with E-state index in [0.29, 0.717) is 0 Å². The molecule has 1 unspecified atom stereocenters. The summed E-state index contributed by atoms with van der Waals surface area (Å²) in [7, 11) is 0. The first-order chi connectivity index (χ1) is 15.1. The summed E-state index contributed by atoms with van der Waals surface area (Å²) < 4.78 is 12.7. The van der Waals surface area contributed by atoms with Crippen molar-refractivity contribution in [2.45, 2.75) is 42.9 Å². The minimum atomic E-state index is -1.12. The van der Waals surface area contributed by atoms with E-state index in [1.807, 2.05) is 43.3 Å². The van der Waals surface area contributed by atoms with Crippen LogP contribution in [0.4, 0.5) is 0 Å². The molecule has 0 heterocycles. The van der Waals surface area contributed by atoms with Gasteiger partial charge in [-0.15, -0.1) is 0 Å². The summed E-state index contributed by atoms with van der Waals surface area (Å²) in [5.74, 6) is 0. The van der Waals surface area contributed by atoms with Crippen LogP contribution in [0.2, 0.25) is 0 Å². The first-order valence-electron chi connectivity index (χ1n) is 10.8. The third-order valence-corrected chi connectivity index (χ3v) is 7.03. The molecule has 0 amide bonds. The number of hydrogen-bond acceptors (Lipinski definition) is 1. The molecule has 1 atom stereocenters. The van der Waals surface area contributed by atoms with Gasteiger partial charge in [-0.1, -0.05) is 83.9 Å². The van der Waals surface area contributed by atoms with Gasteiger partial charge in [0.1, 0.15) is 0 Å². The van der Waals surface area contributed by atoms with Crippen molar-refractivity contribution < 1.29 is 4.55 Å². The zero-order valence-electron chi connectivity index (χ0n) is 18.2. The maximum absolute atomic E-state index is 12.7. The van der Waals surface area contributed by atoms with Crippen molar-refractivity contribution in [3.05, 3.63) is 130 Å². The molecule has 0 aliphatic heterocycles. The first kappa shape index (κ1) is 21.4. The van der Waals surface area contributed by atoms with E-state index < -0.39 is 11.2 Å². The second kappa shape index (κ2) is 10.00. The molecular weight excluding hydrogens is 396 g/mol. The maximum atomic E-state index is 12.7. The summed E-state index contributed by atoms with van der Waals surface area (Å²) in [6.07, 6.45) is 2.96. The van der Waals surface area contributed by atoms with Crippen molar-refractivity contribution >= 4 is 11.2 Å². The standard InChI is InChI=1S/C29H28OS/c1-22-3-7-26(8-4-22)21-27-13-11-24(12-14-27)9-10-25-15-19-29(20-16-25)31(30)28-17-5-23(2)6-18-28/h3-8,11-20H,9-10,21H2,1-2H3. The summed E-state index contributed by atoms with van der Waals surface area (Å²) in [4.78, 5) is 1.71. The van der Waals surface area contributed by atoms with Gasteiger partial charge in [-0.2, -0.15) is 0 Å². The predicted octanol–water partition coefficient (Wildman–Crippen LogP) is 6.85. The van der Waals surface area contributed by atoms with Crippen molar-refractivity contribution in [2.24, 2.45) is 0 Å². The highest BCUT2D eigenvalue weighted by atomic mass is 32.2. The van der Waals surface area contributed by atoms with Crippen LogP contribution in [0.5, 0.6) is 0 Å². The van der Waals surface area contributed by atoms with E-state index in [2.05, 4.69) is 67.6 Å². The van der Waals surface area contributed by atoms with Gasteiger partial charge in [-0.3, -0.25) is 0 Å². The van der Waals surface area contributed by atoms with Crippen LogP contribution in [0.25, 0.3) is 0 Å². The van der Waals surface area contributed by atoms with Gasteiger partial charge < -0.3 is 4.55 Å². The Hall–Kier alpha value is -2.81. The van der Waals surface area contributed by atoms with Crippen molar-refractivity contribution in [3.63, 3.8) is 0 Å². The Labute approximate surface area is 189 Å². The number of rotatable bonds is 7. The monoisotopic (exact) mass is 424 g/mol. The molecule has 0 saturated heterocycles. The molecule has 2 heteroatoms. The van der Waals surface area contributed by atoms with E-state index in [0.717, 1.165) is 29.1 Å². The summed E-state index contributed by atoms with van der Waals surface area (Å²) in [5.41, 5.74) is 7.79. The lowest BCUT2D eigenvalue weighted by Gasteiger charge is -2.11. The molecule has 0 aliphatic rings. The third-order valence-electron chi connectivity index (χ3n) is 5.63. The maximum Gasteiger partial charge on any atom is 0.158 e. The van der Waals surface area contributed by atoms with Gasteiger partial charge in [0.15, 0.2) is 9.79 Å². The van der Waals surface area contributed by atoms with Gasteiger partial charge in [-0.25, -0.2) is 0 Å². The normalized spacial score (nSPS) is 12.0. The van der Waals surface area contributed by atoms with Crippen LogP contribution < -0.4 is 0 Å². The van der Waals surface area contributed by atoms with Crippen molar-refractivity contribution in [3.8, 4) is 0 Å². The van der Waals surface area contributed by atoms with E-state index in [1.54, 1.807) is 0 Å². The largest absolute Gasteiger partial charge is 0.606 e. The summed E-state index contributed by atoms with van der Waals surface area (Å²) in [5, 5.41) is 0. The molecule has 0 bridgehead atoms. The van der Waals surface area contributed by atoms with E-state index in [-0.39, 0.29) is 0 Å². The fourth-order valence-corrected chi connectivity index (χ4v) is 4.67. The Morgan fingerprint density at radius 3 is 1.29 bits per heavy atom. The summed E-state index contributed by atoms with van der Waals surface area (Å²) in [6, 6.07) is 33.8. The van der Waals surface area contributed by atoms with E-state index in [9.17, 15) is 4.55 Å². The zero-order chi connectivity index (χ0) is 21.6. The average molecular weight is 425 g/mol. The Kier molecular flexibility index (Phi) is 6.91. The lowest BCUT2D eigenvalue weighted by Crippen LogP contribution is -2.02. The lowest BCUT2D eigenvalue weighted by atomic mass is 10.00. The summed E-state index contributed by atoms with van der Waals surface area (Å²) >= 11 is -1.12. The highest BCUT2D eigenvalue weighted by molar-refractivity contribution is 7.91. The minimum Gasteiger partial charge on any atom is -0.606 e. The fraction of sp³-hybridized carbons (Fsp3) is 0.172. The minimum absolute atomic E-state index is 0.851. The molecule has 0 saturated carbocycles. The number of hydrogen-bond donors (Lipinski definition) is 0. The highest BCUT2D eigenvalue weighted by Crippen LogP contribution is 2.22. The quantitative estimate of drug-likeness (QED) is 0.298. The van der Waals surface area contributed by atoms with Crippen LogP contribution in [-0.2, 0) is 30.4 Å². The molecule has 31 heavy (non-hydrogen) atoms. The summed E-state index contributed by atoms with van der Waals surface area (Å²) in [6.45, 7) is 4.16. The lowest BCUT2D eigenvalue weighted by molar-refractivity contribution is 0.595. The van der Waals surface area contributed by atoms with Gasteiger partial charge in [-0.05, 0) is 79.6 Å². The molecule has 0 N–H and O–H groups in total. The van der Waals surface area contributed by atoms with E-state index >= 15 is 0 Å². The molecule has 4 aromatic carbocycles.